The minimum Gasteiger partial charge on any atom is -0.450 e. The third-order valence-electron chi connectivity index (χ3n) is 5.11. The molecule has 1 aliphatic heterocycles. The summed E-state index contributed by atoms with van der Waals surface area (Å²) < 4.78 is 19.8. The lowest BCUT2D eigenvalue weighted by atomic mass is 9.98. The van der Waals surface area contributed by atoms with Crippen LogP contribution in [0.4, 0.5) is 4.39 Å². The number of carbonyl (C=O) groups excluding carboxylic acids is 1. The maximum absolute atomic E-state index is 13.9. The topological polar surface area (TPSA) is 55.0 Å². The Morgan fingerprint density at radius 3 is 2.64 bits per heavy atom. The molecule has 1 atom stereocenters. The zero-order valence-electron chi connectivity index (χ0n) is 15.9. The molecule has 0 bridgehead atoms. The quantitative estimate of drug-likeness (QED) is 0.736. The zero-order chi connectivity index (χ0) is 19.8. The van der Waals surface area contributed by atoms with Crippen molar-refractivity contribution < 1.29 is 18.5 Å². The summed E-state index contributed by atoms with van der Waals surface area (Å²) in [5.74, 6) is -0.655. The number of rotatable bonds is 5. The van der Waals surface area contributed by atoms with E-state index >= 15 is 0 Å². The fourth-order valence-corrected chi connectivity index (χ4v) is 3.82. The van der Waals surface area contributed by atoms with Crippen LogP contribution in [0.15, 0.2) is 57.7 Å². The predicted octanol–water partition coefficient (Wildman–Crippen LogP) is 2.01. The van der Waals surface area contributed by atoms with Gasteiger partial charge in [0.05, 0.1) is 37.6 Å². The van der Waals surface area contributed by atoms with Crippen molar-refractivity contribution >= 4 is 16.9 Å². The average molecular weight is 381 g/mol. The number of quaternary nitrogens is 1. The number of carbonyl (C=O) groups is 1. The Bertz CT molecular complexity index is 1110. The van der Waals surface area contributed by atoms with Crippen LogP contribution in [-0.4, -0.2) is 38.0 Å². The number of amides is 1. The smallest absolute Gasteiger partial charge is 0.290 e. The van der Waals surface area contributed by atoms with Gasteiger partial charge in [-0.15, -0.1) is 0 Å². The summed E-state index contributed by atoms with van der Waals surface area (Å²) >= 11 is 0. The molecule has 0 spiro atoms. The van der Waals surface area contributed by atoms with Crippen LogP contribution in [0.5, 0.6) is 0 Å². The van der Waals surface area contributed by atoms with Crippen molar-refractivity contribution in [2.45, 2.75) is 12.5 Å². The monoisotopic (exact) mass is 381 g/mol. The van der Waals surface area contributed by atoms with Gasteiger partial charge in [-0.3, -0.25) is 9.59 Å². The first kappa shape index (κ1) is 18.4. The summed E-state index contributed by atoms with van der Waals surface area (Å²) in [5, 5.41) is 0.426. The van der Waals surface area contributed by atoms with E-state index in [1.165, 1.54) is 17.0 Å². The highest BCUT2D eigenvalue weighted by Gasteiger charge is 2.42. The molecule has 5 nitrogen and oxygen atoms in total. The van der Waals surface area contributed by atoms with E-state index in [2.05, 4.69) is 0 Å². The molecular weight excluding hydrogens is 359 g/mol. The number of nitrogens with zero attached hydrogens (tertiary/aromatic N) is 1. The first-order chi connectivity index (χ1) is 13.5. The van der Waals surface area contributed by atoms with Gasteiger partial charge in [0.1, 0.15) is 11.4 Å². The molecule has 0 fully saturated rings. The van der Waals surface area contributed by atoms with Gasteiger partial charge in [-0.1, -0.05) is 24.3 Å². The molecule has 6 heteroatoms. The van der Waals surface area contributed by atoms with Crippen LogP contribution >= 0.6 is 0 Å². The Morgan fingerprint density at radius 2 is 1.89 bits per heavy atom. The number of hydrogen-bond donors (Lipinski definition) is 1. The standard InChI is InChI=1S/C22H21FN2O3/c1-24(2)11-6-12-25-19(14-7-5-8-15(23)13-14)18-20(26)16-9-3-4-10-17(16)28-21(18)22(25)27/h3-5,7-10,13,19H,6,11-12H2,1-2H3/p+1/t19-/m0/s1. The van der Waals surface area contributed by atoms with Crippen LogP contribution < -0.4 is 10.3 Å². The van der Waals surface area contributed by atoms with Crippen molar-refractivity contribution in [3.8, 4) is 0 Å². The van der Waals surface area contributed by atoms with E-state index in [4.69, 9.17) is 4.42 Å². The normalized spacial score (nSPS) is 16.2. The molecule has 0 saturated carbocycles. The van der Waals surface area contributed by atoms with Crippen molar-refractivity contribution in [2.75, 3.05) is 27.2 Å². The van der Waals surface area contributed by atoms with Gasteiger partial charge >= 0.3 is 0 Å². The molecule has 0 aliphatic carbocycles. The van der Waals surface area contributed by atoms with E-state index in [-0.39, 0.29) is 17.1 Å². The van der Waals surface area contributed by atoms with Gasteiger partial charge in [0.15, 0.2) is 5.43 Å². The maximum Gasteiger partial charge on any atom is 0.290 e. The molecule has 1 aromatic heterocycles. The fourth-order valence-electron chi connectivity index (χ4n) is 3.82. The van der Waals surface area contributed by atoms with Gasteiger partial charge in [-0.05, 0) is 29.8 Å². The van der Waals surface area contributed by atoms with E-state index in [0.29, 0.717) is 28.6 Å². The third-order valence-corrected chi connectivity index (χ3v) is 5.11. The first-order valence-corrected chi connectivity index (χ1v) is 9.38. The van der Waals surface area contributed by atoms with Crippen molar-refractivity contribution in [1.82, 2.24) is 4.90 Å². The Morgan fingerprint density at radius 1 is 1.11 bits per heavy atom. The second-order valence-corrected chi connectivity index (χ2v) is 7.44. The minimum absolute atomic E-state index is 0.0650. The highest BCUT2D eigenvalue weighted by atomic mass is 19.1. The highest BCUT2D eigenvalue weighted by molar-refractivity contribution is 5.99. The van der Waals surface area contributed by atoms with Gasteiger partial charge in [0, 0.05) is 13.0 Å². The SMILES string of the molecule is C[NH+](C)CCCN1C(=O)c2oc3ccccc3c(=O)c2[C@@H]1c1cccc(F)c1. The van der Waals surface area contributed by atoms with Crippen LogP contribution in [0.1, 0.15) is 34.1 Å². The fraction of sp³-hybridized carbons (Fsp3) is 0.273. The Labute approximate surface area is 162 Å². The summed E-state index contributed by atoms with van der Waals surface area (Å²) in [4.78, 5) is 29.3. The van der Waals surface area contributed by atoms with Crippen LogP contribution in [0.2, 0.25) is 0 Å². The number of hydrogen-bond acceptors (Lipinski definition) is 3. The van der Waals surface area contributed by atoms with Crippen LogP contribution in [0.25, 0.3) is 11.0 Å². The largest absolute Gasteiger partial charge is 0.450 e. The van der Waals surface area contributed by atoms with Crippen molar-refractivity contribution in [1.29, 1.82) is 0 Å². The lowest BCUT2D eigenvalue weighted by Crippen LogP contribution is -3.05. The van der Waals surface area contributed by atoms with E-state index in [1.54, 1.807) is 41.3 Å². The zero-order valence-corrected chi connectivity index (χ0v) is 15.9. The number of fused-ring (bicyclic) bond motifs is 2. The molecule has 0 saturated heterocycles. The summed E-state index contributed by atoms with van der Waals surface area (Å²) in [6.45, 7) is 1.34. The number of para-hydroxylation sites is 1. The van der Waals surface area contributed by atoms with Gasteiger partial charge in [0.25, 0.3) is 5.91 Å². The summed E-state index contributed by atoms with van der Waals surface area (Å²) in [5.41, 5.74) is 1.02. The number of nitrogens with one attached hydrogen (secondary N) is 1. The minimum atomic E-state index is -0.642. The summed E-state index contributed by atoms with van der Waals surface area (Å²) in [7, 11) is 4.09. The van der Waals surface area contributed by atoms with Crippen LogP contribution in [0.3, 0.4) is 0 Å². The number of benzene rings is 2. The predicted molar refractivity (Wildman–Crippen MR) is 104 cm³/mol. The Kier molecular flexibility index (Phi) is 4.73. The molecule has 3 aromatic rings. The Hall–Kier alpha value is -2.99. The first-order valence-electron chi connectivity index (χ1n) is 9.38. The lowest BCUT2D eigenvalue weighted by Gasteiger charge is -2.25. The second-order valence-electron chi connectivity index (χ2n) is 7.44. The Balaban J connectivity index is 1.88. The molecule has 1 N–H and O–H groups in total. The van der Waals surface area contributed by atoms with Crippen molar-refractivity contribution in [2.24, 2.45) is 0 Å². The van der Waals surface area contributed by atoms with E-state index in [1.807, 2.05) is 14.1 Å². The molecule has 1 aliphatic rings. The summed E-state index contributed by atoms with van der Waals surface area (Å²) in [6, 6.07) is 12.3. The molecular formula is C22H22FN2O3+. The maximum atomic E-state index is 13.9. The lowest BCUT2D eigenvalue weighted by molar-refractivity contribution is -0.858. The molecule has 0 unspecified atom stereocenters. The van der Waals surface area contributed by atoms with E-state index in [9.17, 15) is 14.0 Å². The van der Waals surface area contributed by atoms with E-state index in [0.717, 1.165) is 13.0 Å². The summed E-state index contributed by atoms with van der Waals surface area (Å²) in [6.07, 6.45) is 0.765. The molecule has 144 valence electrons. The van der Waals surface area contributed by atoms with Crippen molar-refractivity contribution in [3.63, 3.8) is 0 Å². The third kappa shape index (κ3) is 3.10. The highest BCUT2D eigenvalue weighted by Crippen LogP contribution is 2.38. The molecule has 4 rings (SSSR count). The molecule has 28 heavy (non-hydrogen) atoms. The molecule has 2 aromatic carbocycles. The average Bonchev–Trinajstić information content (AvgIpc) is 2.94. The van der Waals surface area contributed by atoms with Gasteiger partial charge in [-0.2, -0.15) is 0 Å². The van der Waals surface area contributed by atoms with Crippen LogP contribution in [-0.2, 0) is 0 Å². The second kappa shape index (κ2) is 7.20. The van der Waals surface area contributed by atoms with Crippen molar-refractivity contribution in [3.05, 3.63) is 81.5 Å². The number of halogens is 1. The van der Waals surface area contributed by atoms with Gasteiger partial charge < -0.3 is 14.2 Å². The van der Waals surface area contributed by atoms with Crippen LogP contribution in [0, 0.1) is 5.82 Å². The van der Waals surface area contributed by atoms with Gasteiger partial charge in [0.2, 0.25) is 5.76 Å². The van der Waals surface area contributed by atoms with E-state index < -0.39 is 11.9 Å². The molecule has 1 amide bonds. The van der Waals surface area contributed by atoms with Gasteiger partial charge in [-0.25, -0.2) is 4.39 Å². The molecule has 2 heterocycles. The molecule has 0 radical (unpaired) electrons.